The molecule has 4 nitrogen and oxygen atoms in total. The maximum Gasteiger partial charge on any atom is 0.161 e. The number of benzene rings is 2. The second-order valence-electron chi connectivity index (χ2n) is 4.07. The Labute approximate surface area is 115 Å². The minimum absolute atomic E-state index is 0.0000412. The first kappa shape index (κ1) is 13.9. The number of carbonyl (C=O) groups is 1. The lowest BCUT2D eigenvalue weighted by Crippen LogP contribution is -2.22. The molecular formula is C15H12FO4-. The first-order chi connectivity index (χ1) is 9.60. The summed E-state index contributed by atoms with van der Waals surface area (Å²) >= 11 is 0. The van der Waals surface area contributed by atoms with Crippen molar-refractivity contribution in [1.82, 2.24) is 0 Å². The number of methoxy groups -OCH3 is 1. The van der Waals surface area contributed by atoms with Gasteiger partial charge in [-0.2, -0.15) is 0 Å². The molecule has 0 unspecified atom stereocenters. The van der Waals surface area contributed by atoms with Gasteiger partial charge >= 0.3 is 0 Å². The van der Waals surface area contributed by atoms with Crippen LogP contribution in [-0.2, 0) is 6.61 Å². The fraction of sp³-hybridized carbons (Fsp3) is 0.133. The smallest absolute Gasteiger partial charge is 0.161 e. The summed E-state index contributed by atoms with van der Waals surface area (Å²) in [6, 6.07) is 10.2. The van der Waals surface area contributed by atoms with Crippen LogP contribution in [0.1, 0.15) is 15.9 Å². The van der Waals surface area contributed by atoms with E-state index < -0.39 is 5.97 Å². The highest BCUT2D eigenvalue weighted by atomic mass is 19.1. The molecule has 0 N–H and O–H groups in total. The van der Waals surface area contributed by atoms with Crippen molar-refractivity contribution < 1.29 is 23.8 Å². The molecule has 0 saturated heterocycles. The molecule has 2 rings (SSSR count). The lowest BCUT2D eigenvalue weighted by atomic mass is 10.2. The van der Waals surface area contributed by atoms with Crippen LogP contribution < -0.4 is 14.6 Å². The SMILES string of the molecule is COc1cc(C(=O)[O-])ccc1OCc1cccc(F)c1. The van der Waals surface area contributed by atoms with Crippen molar-refractivity contribution in [2.24, 2.45) is 0 Å². The zero-order valence-electron chi connectivity index (χ0n) is 10.8. The predicted molar refractivity (Wildman–Crippen MR) is 68.1 cm³/mol. The molecule has 2 aromatic carbocycles. The van der Waals surface area contributed by atoms with Crippen LogP contribution in [0.25, 0.3) is 0 Å². The van der Waals surface area contributed by atoms with E-state index in [9.17, 15) is 14.3 Å². The zero-order valence-corrected chi connectivity index (χ0v) is 10.8. The largest absolute Gasteiger partial charge is 0.545 e. The Kier molecular flexibility index (Phi) is 4.20. The Morgan fingerprint density at radius 1 is 1.20 bits per heavy atom. The number of carboxylic acid groups (broad SMARTS) is 1. The second kappa shape index (κ2) is 6.06. The van der Waals surface area contributed by atoms with E-state index in [0.29, 0.717) is 11.3 Å². The molecule has 0 atom stereocenters. The van der Waals surface area contributed by atoms with E-state index in [4.69, 9.17) is 9.47 Å². The molecule has 0 aromatic heterocycles. The van der Waals surface area contributed by atoms with Crippen molar-refractivity contribution in [2.75, 3.05) is 7.11 Å². The highest BCUT2D eigenvalue weighted by Gasteiger charge is 2.07. The molecule has 0 heterocycles. The van der Waals surface area contributed by atoms with Crippen LogP contribution in [-0.4, -0.2) is 13.1 Å². The maximum atomic E-state index is 13.0. The van der Waals surface area contributed by atoms with Gasteiger partial charge in [0.25, 0.3) is 0 Å². The fourth-order valence-electron chi connectivity index (χ4n) is 1.70. The molecule has 0 amide bonds. The average Bonchev–Trinajstić information content (AvgIpc) is 2.45. The Hall–Kier alpha value is -2.56. The van der Waals surface area contributed by atoms with Crippen LogP contribution in [0.5, 0.6) is 11.5 Å². The predicted octanol–water partition coefficient (Wildman–Crippen LogP) is 1.78. The lowest BCUT2D eigenvalue weighted by Gasteiger charge is -2.12. The van der Waals surface area contributed by atoms with E-state index in [-0.39, 0.29) is 23.7 Å². The fourth-order valence-corrected chi connectivity index (χ4v) is 1.70. The molecule has 0 aliphatic carbocycles. The summed E-state index contributed by atoms with van der Waals surface area (Å²) in [5.74, 6) is -0.977. The summed E-state index contributed by atoms with van der Waals surface area (Å²) < 4.78 is 23.6. The average molecular weight is 275 g/mol. The number of aromatic carboxylic acids is 1. The molecule has 0 aliphatic heterocycles. The third kappa shape index (κ3) is 3.26. The van der Waals surface area contributed by atoms with Gasteiger partial charge in [-0.15, -0.1) is 0 Å². The molecule has 2 aromatic rings. The Bertz CT molecular complexity index is 625. The molecule has 0 saturated carbocycles. The van der Waals surface area contributed by atoms with Gasteiger partial charge in [0.1, 0.15) is 12.4 Å². The minimum atomic E-state index is -1.29. The Morgan fingerprint density at radius 3 is 2.65 bits per heavy atom. The number of rotatable bonds is 5. The van der Waals surface area contributed by atoms with E-state index in [1.54, 1.807) is 12.1 Å². The van der Waals surface area contributed by atoms with Crippen molar-refractivity contribution in [3.05, 3.63) is 59.4 Å². The van der Waals surface area contributed by atoms with Crippen molar-refractivity contribution in [2.45, 2.75) is 6.61 Å². The van der Waals surface area contributed by atoms with Crippen LogP contribution in [0.3, 0.4) is 0 Å². The number of carboxylic acids is 1. The molecule has 5 heteroatoms. The summed E-state index contributed by atoms with van der Waals surface area (Å²) in [4.78, 5) is 10.7. The normalized spacial score (nSPS) is 10.1. The third-order valence-corrected chi connectivity index (χ3v) is 2.68. The van der Waals surface area contributed by atoms with Crippen molar-refractivity contribution in [1.29, 1.82) is 0 Å². The highest BCUT2D eigenvalue weighted by Crippen LogP contribution is 2.28. The highest BCUT2D eigenvalue weighted by molar-refractivity contribution is 5.86. The van der Waals surface area contributed by atoms with Gasteiger partial charge in [-0.1, -0.05) is 12.1 Å². The van der Waals surface area contributed by atoms with Gasteiger partial charge in [-0.25, -0.2) is 4.39 Å². The molecule has 20 heavy (non-hydrogen) atoms. The zero-order chi connectivity index (χ0) is 14.5. The summed E-state index contributed by atoms with van der Waals surface area (Å²) in [5.41, 5.74) is 0.663. The van der Waals surface area contributed by atoms with Gasteiger partial charge < -0.3 is 19.4 Å². The number of hydrogen-bond donors (Lipinski definition) is 0. The summed E-state index contributed by atoms with van der Waals surface area (Å²) in [5, 5.41) is 10.7. The molecule has 0 spiro atoms. The van der Waals surface area contributed by atoms with Gasteiger partial charge in [0, 0.05) is 5.56 Å². The molecule has 0 radical (unpaired) electrons. The molecular weight excluding hydrogens is 263 g/mol. The van der Waals surface area contributed by atoms with Crippen LogP contribution >= 0.6 is 0 Å². The van der Waals surface area contributed by atoms with Gasteiger partial charge in [0.05, 0.1) is 13.1 Å². The van der Waals surface area contributed by atoms with Crippen molar-refractivity contribution >= 4 is 5.97 Å². The van der Waals surface area contributed by atoms with E-state index in [2.05, 4.69) is 0 Å². The van der Waals surface area contributed by atoms with Crippen LogP contribution in [0.4, 0.5) is 4.39 Å². The van der Waals surface area contributed by atoms with Gasteiger partial charge in [-0.05, 0) is 35.9 Å². The van der Waals surface area contributed by atoms with Crippen molar-refractivity contribution in [3.63, 3.8) is 0 Å². The minimum Gasteiger partial charge on any atom is -0.545 e. The van der Waals surface area contributed by atoms with Crippen molar-refractivity contribution in [3.8, 4) is 11.5 Å². The number of carbonyl (C=O) groups excluding carboxylic acids is 1. The monoisotopic (exact) mass is 275 g/mol. The van der Waals surface area contributed by atoms with Crippen LogP contribution in [0.2, 0.25) is 0 Å². The Morgan fingerprint density at radius 2 is 2.00 bits per heavy atom. The molecule has 0 fully saturated rings. The number of halogens is 1. The quantitative estimate of drug-likeness (QED) is 0.834. The summed E-state index contributed by atoms with van der Waals surface area (Å²) in [6.45, 7) is 0.152. The summed E-state index contributed by atoms with van der Waals surface area (Å²) in [6.07, 6.45) is 0. The van der Waals surface area contributed by atoms with E-state index in [0.717, 1.165) is 0 Å². The van der Waals surface area contributed by atoms with Gasteiger partial charge in [0.15, 0.2) is 11.5 Å². The molecule has 0 bridgehead atoms. The van der Waals surface area contributed by atoms with Gasteiger partial charge in [0.2, 0.25) is 0 Å². The Balaban J connectivity index is 2.15. The number of hydrogen-bond acceptors (Lipinski definition) is 4. The topological polar surface area (TPSA) is 58.6 Å². The molecule has 104 valence electrons. The maximum absolute atomic E-state index is 13.0. The lowest BCUT2D eigenvalue weighted by molar-refractivity contribution is -0.255. The first-order valence-electron chi connectivity index (χ1n) is 5.87. The molecule has 0 aliphatic rings. The van der Waals surface area contributed by atoms with E-state index in [1.165, 1.54) is 37.4 Å². The third-order valence-electron chi connectivity index (χ3n) is 2.68. The summed E-state index contributed by atoms with van der Waals surface area (Å²) in [7, 11) is 1.41. The van der Waals surface area contributed by atoms with E-state index >= 15 is 0 Å². The second-order valence-corrected chi connectivity index (χ2v) is 4.07. The van der Waals surface area contributed by atoms with Gasteiger partial charge in [-0.3, -0.25) is 0 Å². The van der Waals surface area contributed by atoms with Crippen LogP contribution in [0.15, 0.2) is 42.5 Å². The first-order valence-corrected chi connectivity index (χ1v) is 5.87. The number of ether oxygens (including phenoxy) is 2. The van der Waals surface area contributed by atoms with Crippen LogP contribution in [0, 0.1) is 5.82 Å². The van der Waals surface area contributed by atoms with E-state index in [1.807, 2.05) is 0 Å². The standard InChI is InChI=1S/C15H13FO4/c1-19-14-8-11(15(17)18)5-6-13(14)20-9-10-3-2-4-12(16)7-10/h2-8H,9H2,1H3,(H,17,18)/p-1.